The molecule has 0 saturated carbocycles. The number of aryl methyl sites for hydroxylation is 2. The molecule has 0 spiro atoms. The van der Waals surface area contributed by atoms with Crippen molar-refractivity contribution < 1.29 is 46.5 Å². The van der Waals surface area contributed by atoms with Gasteiger partial charge in [-0.3, -0.25) is 0 Å². The zero-order chi connectivity index (χ0) is 32.1. The molecule has 44 heavy (non-hydrogen) atoms. The second-order valence-electron chi connectivity index (χ2n) is 10.00. The third-order valence-corrected chi connectivity index (χ3v) is 6.54. The summed E-state index contributed by atoms with van der Waals surface area (Å²) in [6.07, 6.45) is 1.46. The highest BCUT2D eigenvalue weighted by Gasteiger charge is 2.36. The van der Waals surface area contributed by atoms with Crippen molar-refractivity contribution in [1.82, 2.24) is 0 Å². The van der Waals surface area contributed by atoms with Gasteiger partial charge in [0.25, 0.3) is 0 Å². The van der Waals surface area contributed by atoms with Crippen LogP contribution in [0.2, 0.25) is 0 Å². The minimum Gasteiger partial charge on any atom is -0.493 e. The van der Waals surface area contributed by atoms with Crippen molar-refractivity contribution in [2.75, 3.05) is 13.2 Å². The van der Waals surface area contributed by atoms with Gasteiger partial charge in [0.2, 0.25) is 0 Å². The van der Waals surface area contributed by atoms with Gasteiger partial charge in [0.1, 0.15) is 17.2 Å². The van der Waals surface area contributed by atoms with Gasteiger partial charge < -0.3 is 18.9 Å². The maximum atomic E-state index is 13.9. The number of alkyl halides is 3. The Morgan fingerprint density at radius 3 is 2.07 bits per heavy atom. The van der Waals surface area contributed by atoms with Crippen LogP contribution >= 0.6 is 0 Å². The van der Waals surface area contributed by atoms with Gasteiger partial charge >= 0.3 is 24.1 Å². The first-order chi connectivity index (χ1) is 21.0. The molecule has 0 aliphatic heterocycles. The fraction of sp³-hybridized carbons (Fsp3) is 0.324. The summed E-state index contributed by atoms with van der Waals surface area (Å²) in [7, 11) is 0. The first kappa shape index (κ1) is 33.9. The van der Waals surface area contributed by atoms with Crippen LogP contribution in [0.25, 0.3) is 0 Å². The van der Waals surface area contributed by atoms with Crippen molar-refractivity contribution in [3.63, 3.8) is 0 Å². The van der Waals surface area contributed by atoms with Crippen LogP contribution in [0, 0.1) is 6.92 Å². The van der Waals surface area contributed by atoms with Gasteiger partial charge in [-0.25, -0.2) is 14.4 Å². The molecule has 234 valence electrons. The Labute approximate surface area is 254 Å². The highest BCUT2D eigenvalue weighted by molar-refractivity contribution is 5.93. The molecule has 0 bridgehead atoms. The molecule has 0 saturated heterocycles. The first-order valence-electron chi connectivity index (χ1n) is 14.3. The van der Waals surface area contributed by atoms with Gasteiger partial charge in [0.05, 0.1) is 29.9 Å². The number of carbonyl (C=O) groups excluding carboxylic acids is 3. The Morgan fingerprint density at radius 2 is 1.43 bits per heavy atom. The van der Waals surface area contributed by atoms with Gasteiger partial charge in [-0.1, -0.05) is 38.5 Å². The molecule has 3 rings (SSSR count). The van der Waals surface area contributed by atoms with E-state index in [0.29, 0.717) is 36.8 Å². The van der Waals surface area contributed by atoms with Gasteiger partial charge in [-0.05, 0) is 92.3 Å². The summed E-state index contributed by atoms with van der Waals surface area (Å²) in [6, 6.07) is 13.8. The monoisotopic (exact) mass is 612 g/mol. The van der Waals surface area contributed by atoms with Crippen molar-refractivity contribution in [2.45, 2.75) is 58.5 Å². The number of rotatable bonds is 15. The van der Waals surface area contributed by atoms with Crippen LogP contribution in [0.3, 0.4) is 0 Å². The average molecular weight is 613 g/mol. The van der Waals surface area contributed by atoms with E-state index < -0.39 is 35.4 Å². The van der Waals surface area contributed by atoms with Crippen LogP contribution < -0.4 is 14.2 Å². The number of halogens is 3. The van der Waals surface area contributed by atoms with E-state index in [-0.39, 0.29) is 23.5 Å². The van der Waals surface area contributed by atoms with E-state index in [0.717, 1.165) is 49.5 Å². The van der Waals surface area contributed by atoms with E-state index in [2.05, 4.69) is 13.5 Å². The van der Waals surface area contributed by atoms with E-state index in [9.17, 15) is 27.6 Å². The fourth-order valence-electron chi connectivity index (χ4n) is 4.15. The molecule has 0 fully saturated rings. The van der Waals surface area contributed by atoms with Crippen LogP contribution in [-0.2, 0) is 22.1 Å². The normalized spacial score (nSPS) is 11.0. The predicted octanol–water partition coefficient (Wildman–Crippen LogP) is 8.07. The van der Waals surface area contributed by atoms with Gasteiger partial charge in [0, 0.05) is 6.08 Å². The van der Waals surface area contributed by atoms with Crippen LogP contribution in [0.5, 0.6) is 17.2 Å². The number of carbonyl (C=O) groups is 3. The zero-order valence-corrected chi connectivity index (χ0v) is 24.7. The number of benzene rings is 3. The first-order valence-corrected chi connectivity index (χ1v) is 14.3. The Morgan fingerprint density at radius 1 is 0.795 bits per heavy atom. The van der Waals surface area contributed by atoms with E-state index in [1.807, 2.05) is 12.1 Å². The molecule has 3 aromatic carbocycles. The summed E-state index contributed by atoms with van der Waals surface area (Å²) in [5.41, 5.74) is 0.0193. The van der Waals surface area contributed by atoms with Crippen LogP contribution in [0.4, 0.5) is 13.2 Å². The lowest BCUT2D eigenvalue weighted by molar-refractivity contribution is -0.139. The van der Waals surface area contributed by atoms with E-state index >= 15 is 0 Å². The fourth-order valence-corrected chi connectivity index (χ4v) is 4.15. The van der Waals surface area contributed by atoms with Crippen molar-refractivity contribution in [3.05, 3.63) is 101 Å². The molecule has 0 aliphatic carbocycles. The summed E-state index contributed by atoms with van der Waals surface area (Å²) < 4.78 is 62.7. The van der Waals surface area contributed by atoms with Crippen LogP contribution in [0.15, 0.2) is 73.3 Å². The average Bonchev–Trinajstić information content (AvgIpc) is 2.99. The van der Waals surface area contributed by atoms with E-state index in [1.165, 1.54) is 18.2 Å². The standard InChI is InChI=1S/C34H35F3O7/c1-4-6-7-10-24-11-15-27(16-12-24)43-32(39)26-14-18-30(28(22-26)34(35,36)37)44-33(40)25-13-17-29(23(3)21-25)41-19-8-9-20-42-31(38)5-2/h5,11-18,21-22H,2,4,6-10,19-20H2,1,3H3. The second-order valence-corrected chi connectivity index (χ2v) is 10.00. The van der Waals surface area contributed by atoms with Crippen molar-refractivity contribution in [1.29, 1.82) is 0 Å². The minimum atomic E-state index is -4.91. The number of unbranched alkanes of at least 4 members (excludes halogenated alkanes) is 3. The van der Waals surface area contributed by atoms with Crippen molar-refractivity contribution >= 4 is 17.9 Å². The quantitative estimate of drug-likeness (QED) is 0.0742. The summed E-state index contributed by atoms with van der Waals surface area (Å²) in [4.78, 5) is 36.5. The molecule has 0 N–H and O–H groups in total. The molecule has 0 radical (unpaired) electrons. The molecule has 3 aromatic rings. The summed E-state index contributed by atoms with van der Waals surface area (Å²) in [6.45, 7) is 7.66. The van der Waals surface area contributed by atoms with Gasteiger partial charge in [0.15, 0.2) is 0 Å². The molecule has 0 heterocycles. The Hall–Kier alpha value is -4.60. The van der Waals surface area contributed by atoms with Crippen molar-refractivity contribution in [3.8, 4) is 17.2 Å². The SMILES string of the molecule is C=CC(=O)OCCCCOc1ccc(C(=O)Oc2ccc(C(=O)Oc3ccc(CCCCC)cc3)cc2C(F)(F)F)cc1C. The lowest BCUT2D eigenvalue weighted by atomic mass is 10.1. The maximum Gasteiger partial charge on any atom is 0.420 e. The highest BCUT2D eigenvalue weighted by atomic mass is 19.4. The number of hydrogen-bond donors (Lipinski definition) is 0. The molecule has 0 unspecified atom stereocenters. The molecular weight excluding hydrogens is 577 g/mol. The van der Waals surface area contributed by atoms with Crippen molar-refractivity contribution in [2.24, 2.45) is 0 Å². The van der Waals surface area contributed by atoms with Gasteiger partial charge in [-0.15, -0.1) is 0 Å². The molecule has 0 atom stereocenters. The smallest absolute Gasteiger partial charge is 0.420 e. The summed E-state index contributed by atoms with van der Waals surface area (Å²) >= 11 is 0. The Kier molecular flexibility index (Phi) is 12.6. The highest BCUT2D eigenvalue weighted by Crippen LogP contribution is 2.37. The third-order valence-electron chi connectivity index (χ3n) is 6.54. The largest absolute Gasteiger partial charge is 0.493 e. The van der Waals surface area contributed by atoms with E-state index in [1.54, 1.807) is 19.1 Å². The lowest BCUT2D eigenvalue weighted by Gasteiger charge is -2.15. The predicted molar refractivity (Wildman–Crippen MR) is 158 cm³/mol. The molecule has 0 amide bonds. The number of esters is 3. The lowest BCUT2D eigenvalue weighted by Crippen LogP contribution is -2.16. The Bertz CT molecular complexity index is 1450. The zero-order valence-electron chi connectivity index (χ0n) is 24.7. The molecular formula is C34H35F3O7. The van der Waals surface area contributed by atoms with Crippen LogP contribution in [0.1, 0.15) is 76.4 Å². The topological polar surface area (TPSA) is 88.1 Å². The molecule has 0 aromatic heterocycles. The molecule has 7 nitrogen and oxygen atoms in total. The van der Waals surface area contributed by atoms with Gasteiger partial charge in [-0.2, -0.15) is 13.2 Å². The summed E-state index contributed by atoms with van der Waals surface area (Å²) in [5.74, 6) is -2.55. The second kappa shape index (κ2) is 16.3. The molecule has 10 heteroatoms. The third kappa shape index (κ3) is 10.3. The molecule has 0 aliphatic rings. The van der Waals surface area contributed by atoms with E-state index in [4.69, 9.17) is 18.9 Å². The number of ether oxygens (including phenoxy) is 4. The Balaban J connectivity index is 1.63. The van der Waals surface area contributed by atoms with Crippen LogP contribution in [-0.4, -0.2) is 31.1 Å². The summed E-state index contributed by atoms with van der Waals surface area (Å²) in [5, 5.41) is 0. The minimum absolute atomic E-state index is 0.0148. The number of hydrogen-bond acceptors (Lipinski definition) is 7. The maximum absolute atomic E-state index is 13.9.